The number of hydrogen-bond donors (Lipinski definition) is 3. The Morgan fingerprint density at radius 1 is 0.758 bits per heavy atom. The Morgan fingerprint density at radius 2 is 1.42 bits per heavy atom. The Morgan fingerprint density at radius 3 is 2.21 bits per heavy atom. The van der Waals surface area contributed by atoms with E-state index in [2.05, 4.69) is 10.6 Å². The molecule has 5 atom stereocenters. The van der Waals surface area contributed by atoms with Crippen molar-refractivity contribution in [2.24, 2.45) is 17.8 Å². The van der Waals surface area contributed by atoms with Crippen molar-refractivity contribution < 1.29 is 19.5 Å². The SMILES string of the molecule is O=C1C[C@@H]2[C@@H](c3ccccc3)[C@@H]3C(=O)c4ccccc4NC(=O)[C@H]3[C@]2(O)c2ccccc2N1. The molecule has 164 valence electrons. The number of carbonyl (C=O) groups is 3. The van der Waals surface area contributed by atoms with Gasteiger partial charge in [0.2, 0.25) is 11.8 Å². The molecule has 0 aromatic heterocycles. The van der Waals surface area contributed by atoms with E-state index >= 15 is 0 Å². The van der Waals surface area contributed by atoms with E-state index in [0.717, 1.165) is 5.56 Å². The molecule has 1 fully saturated rings. The maximum absolute atomic E-state index is 14.0. The minimum Gasteiger partial charge on any atom is -0.384 e. The first-order valence-corrected chi connectivity index (χ1v) is 11.1. The predicted molar refractivity (Wildman–Crippen MR) is 123 cm³/mol. The molecule has 1 saturated carbocycles. The van der Waals surface area contributed by atoms with Crippen LogP contribution in [-0.4, -0.2) is 22.7 Å². The van der Waals surface area contributed by atoms with Gasteiger partial charge in [-0.1, -0.05) is 60.7 Å². The molecule has 0 saturated heterocycles. The second kappa shape index (κ2) is 7.12. The average Bonchev–Trinajstić information content (AvgIpc) is 2.94. The van der Waals surface area contributed by atoms with Gasteiger partial charge in [0.05, 0.1) is 11.6 Å². The predicted octanol–water partition coefficient (Wildman–Crippen LogP) is 3.70. The van der Waals surface area contributed by atoms with Gasteiger partial charge in [-0.25, -0.2) is 0 Å². The molecule has 6 nitrogen and oxygen atoms in total. The van der Waals surface area contributed by atoms with Crippen LogP contribution in [-0.2, 0) is 15.2 Å². The van der Waals surface area contributed by atoms with Crippen LogP contribution in [0.5, 0.6) is 0 Å². The van der Waals surface area contributed by atoms with E-state index in [4.69, 9.17) is 0 Å². The number of anilines is 2. The van der Waals surface area contributed by atoms with Crippen molar-refractivity contribution in [2.75, 3.05) is 10.6 Å². The quantitative estimate of drug-likeness (QED) is 0.540. The largest absolute Gasteiger partial charge is 0.384 e. The molecule has 3 N–H and O–H groups in total. The first-order valence-electron chi connectivity index (χ1n) is 11.1. The molecule has 0 unspecified atom stereocenters. The van der Waals surface area contributed by atoms with Crippen LogP contribution < -0.4 is 10.6 Å². The van der Waals surface area contributed by atoms with Gasteiger partial charge in [-0.3, -0.25) is 14.4 Å². The van der Waals surface area contributed by atoms with Gasteiger partial charge in [-0.15, -0.1) is 0 Å². The summed E-state index contributed by atoms with van der Waals surface area (Å²) in [5, 5.41) is 18.3. The molecule has 2 aliphatic heterocycles. The van der Waals surface area contributed by atoms with Crippen LogP contribution >= 0.6 is 0 Å². The Balaban J connectivity index is 1.66. The number of carbonyl (C=O) groups excluding carboxylic acids is 3. The fourth-order valence-electron chi connectivity index (χ4n) is 6.22. The van der Waals surface area contributed by atoms with E-state index in [0.29, 0.717) is 22.5 Å². The zero-order valence-corrected chi connectivity index (χ0v) is 17.7. The van der Waals surface area contributed by atoms with Crippen molar-refractivity contribution in [3.63, 3.8) is 0 Å². The number of para-hydroxylation sites is 2. The Hall–Kier alpha value is -3.77. The normalized spacial score (nSPS) is 30.0. The summed E-state index contributed by atoms with van der Waals surface area (Å²) >= 11 is 0. The third-order valence-electron chi connectivity index (χ3n) is 7.48. The number of nitrogens with one attached hydrogen (secondary N) is 2. The van der Waals surface area contributed by atoms with E-state index in [9.17, 15) is 19.5 Å². The zero-order valence-electron chi connectivity index (χ0n) is 17.7. The summed E-state index contributed by atoms with van der Waals surface area (Å²) in [5.74, 6) is -3.88. The summed E-state index contributed by atoms with van der Waals surface area (Å²) in [5.41, 5.74) is 0.955. The number of hydrogen-bond acceptors (Lipinski definition) is 4. The van der Waals surface area contributed by atoms with Crippen LogP contribution in [0.4, 0.5) is 11.4 Å². The number of ketones is 1. The van der Waals surface area contributed by atoms with Gasteiger partial charge in [0.25, 0.3) is 0 Å². The van der Waals surface area contributed by atoms with Crippen LogP contribution in [0.15, 0.2) is 78.9 Å². The second-order valence-corrected chi connectivity index (χ2v) is 9.07. The summed E-state index contributed by atoms with van der Waals surface area (Å²) in [7, 11) is 0. The van der Waals surface area contributed by atoms with Crippen LogP contribution in [0.1, 0.15) is 33.8 Å². The molecular formula is C27H22N2O4. The van der Waals surface area contributed by atoms with E-state index < -0.39 is 35.2 Å². The molecular weight excluding hydrogens is 416 g/mol. The molecule has 6 heteroatoms. The van der Waals surface area contributed by atoms with E-state index in [1.54, 1.807) is 48.5 Å². The Labute approximate surface area is 190 Å². The molecule has 6 rings (SSSR count). The maximum Gasteiger partial charge on any atom is 0.231 e. The van der Waals surface area contributed by atoms with Crippen LogP contribution in [0, 0.1) is 17.8 Å². The topological polar surface area (TPSA) is 95.5 Å². The fraction of sp³-hybridized carbons (Fsp3) is 0.222. The van der Waals surface area contributed by atoms with Gasteiger partial charge in [0, 0.05) is 41.0 Å². The third kappa shape index (κ3) is 2.74. The molecule has 0 radical (unpaired) electrons. The number of Topliss-reactive ketones (excluding diaryl/α,β-unsaturated/α-hetero) is 1. The van der Waals surface area contributed by atoms with E-state index in [1.807, 2.05) is 30.3 Å². The highest BCUT2D eigenvalue weighted by Crippen LogP contribution is 2.62. The first kappa shape index (κ1) is 19.9. The lowest BCUT2D eigenvalue weighted by Gasteiger charge is -2.35. The van der Waals surface area contributed by atoms with Crippen molar-refractivity contribution >= 4 is 29.0 Å². The highest BCUT2D eigenvalue weighted by Gasteiger charge is 2.67. The van der Waals surface area contributed by atoms with Gasteiger partial charge >= 0.3 is 0 Å². The number of aliphatic hydroxyl groups is 1. The number of rotatable bonds is 1. The molecule has 1 aliphatic carbocycles. The minimum absolute atomic E-state index is 0.0000518. The fourth-order valence-corrected chi connectivity index (χ4v) is 6.22. The van der Waals surface area contributed by atoms with E-state index in [1.165, 1.54) is 0 Å². The zero-order chi connectivity index (χ0) is 22.7. The lowest BCUT2D eigenvalue weighted by atomic mass is 9.74. The molecule has 3 aliphatic rings. The van der Waals surface area contributed by atoms with Crippen molar-refractivity contribution in [1.82, 2.24) is 0 Å². The average molecular weight is 438 g/mol. The summed E-state index contributed by atoms with van der Waals surface area (Å²) in [4.78, 5) is 40.7. The van der Waals surface area contributed by atoms with Gasteiger partial charge in [-0.05, 0) is 23.8 Å². The molecule has 0 bridgehead atoms. The molecule has 0 spiro atoms. The van der Waals surface area contributed by atoms with Crippen molar-refractivity contribution in [3.8, 4) is 0 Å². The second-order valence-electron chi connectivity index (χ2n) is 9.07. The standard InChI is InChI=1S/C27H22N2O4/c30-21-14-18-22(15-8-2-1-3-9-15)23-24(27(18,33)17-11-5-7-13-20(17)28-21)26(32)29-19-12-6-4-10-16(19)25(23)31/h1-13,18,22-24,33H,14H2,(H,28,30)(H,29,32)/t18-,22-,23+,24+,27+/m1/s1. The summed E-state index contributed by atoms with van der Waals surface area (Å²) in [6.45, 7) is 0. The monoisotopic (exact) mass is 438 g/mol. The van der Waals surface area contributed by atoms with Crippen molar-refractivity contribution in [3.05, 3.63) is 95.6 Å². The van der Waals surface area contributed by atoms with Crippen LogP contribution in [0.2, 0.25) is 0 Å². The van der Waals surface area contributed by atoms with Crippen molar-refractivity contribution in [1.29, 1.82) is 0 Å². The number of fused-ring (bicyclic) bond motifs is 6. The van der Waals surface area contributed by atoms with Gasteiger partial charge < -0.3 is 15.7 Å². The van der Waals surface area contributed by atoms with Gasteiger partial charge in [0.15, 0.2) is 5.78 Å². The van der Waals surface area contributed by atoms with Crippen LogP contribution in [0.25, 0.3) is 0 Å². The Bertz CT molecular complexity index is 1300. The third-order valence-corrected chi connectivity index (χ3v) is 7.48. The lowest BCUT2D eigenvalue weighted by Crippen LogP contribution is -2.44. The molecule has 3 aromatic carbocycles. The smallest absolute Gasteiger partial charge is 0.231 e. The van der Waals surface area contributed by atoms with Gasteiger partial charge in [0.1, 0.15) is 5.60 Å². The minimum atomic E-state index is -1.71. The van der Waals surface area contributed by atoms with Gasteiger partial charge in [-0.2, -0.15) is 0 Å². The maximum atomic E-state index is 14.0. The summed E-state index contributed by atoms with van der Waals surface area (Å²) in [6.07, 6.45) is -0.0000518. The molecule has 2 amide bonds. The molecule has 3 aromatic rings. The summed E-state index contributed by atoms with van der Waals surface area (Å²) in [6, 6.07) is 23.4. The molecule has 2 heterocycles. The van der Waals surface area contributed by atoms with Crippen molar-refractivity contribution in [2.45, 2.75) is 17.9 Å². The van der Waals surface area contributed by atoms with E-state index in [-0.39, 0.29) is 18.1 Å². The number of benzene rings is 3. The highest BCUT2D eigenvalue weighted by molar-refractivity contribution is 6.13. The first-order chi connectivity index (χ1) is 16.0. The summed E-state index contributed by atoms with van der Waals surface area (Å²) < 4.78 is 0. The van der Waals surface area contributed by atoms with Crippen LogP contribution in [0.3, 0.4) is 0 Å². The highest BCUT2D eigenvalue weighted by atomic mass is 16.3. The number of amides is 2. The lowest BCUT2D eigenvalue weighted by molar-refractivity contribution is -0.133. The molecule has 33 heavy (non-hydrogen) atoms. The Kier molecular flexibility index (Phi) is 4.29.